The molecule has 160 valence electrons. The number of hydrogen-bond donors (Lipinski definition) is 2. The number of thioether (sulfide) groups is 1. The van der Waals surface area contributed by atoms with Gasteiger partial charge in [-0.1, -0.05) is 61.2 Å². The smallest absolute Gasteiger partial charge is 0.344 e. The zero-order chi connectivity index (χ0) is 22.5. The number of carboxylic acid groups (broad SMARTS) is 2. The number of aliphatic carboxylic acids is 2. The van der Waals surface area contributed by atoms with Crippen molar-refractivity contribution in [2.24, 2.45) is 0 Å². The van der Waals surface area contributed by atoms with E-state index < -0.39 is 18.0 Å². The first-order valence-electron chi connectivity index (χ1n) is 9.37. The minimum Gasteiger partial charge on any atom is -0.481 e. The van der Waals surface area contributed by atoms with Gasteiger partial charge in [-0.15, -0.1) is 0 Å². The zero-order valence-electron chi connectivity index (χ0n) is 16.5. The van der Waals surface area contributed by atoms with Crippen molar-refractivity contribution < 1.29 is 29.3 Å². The number of para-hydroxylation sites is 1. The molecule has 0 radical (unpaired) electrons. The van der Waals surface area contributed by atoms with Crippen LogP contribution < -0.4 is 9.64 Å². The van der Waals surface area contributed by atoms with Crippen LogP contribution in [0.3, 0.4) is 0 Å². The molecule has 0 saturated carbocycles. The highest BCUT2D eigenvalue weighted by Gasteiger charge is 2.33. The largest absolute Gasteiger partial charge is 0.481 e. The monoisotopic (exact) mass is 457 g/mol. The van der Waals surface area contributed by atoms with E-state index in [1.807, 2.05) is 0 Å². The number of ether oxygens (including phenoxy) is 1. The van der Waals surface area contributed by atoms with Crippen molar-refractivity contribution in [2.45, 2.75) is 25.9 Å². The number of thiocarbonyl (C=S) groups is 1. The molecule has 1 fully saturated rings. The third-order valence-corrected chi connectivity index (χ3v) is 5.77. The summed E-state index contributed by atoms with van der Waals surface area (Å²) in [4.78, 5) is 36.9. The third kappa shape index (κ3) is 5.31. The van der Waals surface area contributed by atoms with E-state index in [9.17, 15) is 19.5 Å². The van der Waals surface area contributed by atoms with Crippen molar-refractivity contribution >= 4 is 57.9 Å². The van der Waals surface area contributed by atoms with Gasteiger partial charge in [-0.05, 0) is 36.3 Å². The first-order valence-corrected chi connectivity index (χ1v) is 10.6. The Morgan fingerprint density at radius 3 is 2.45 bits per heavy atom. The molecule has 0 aliphatic carbocycles. The summed E-state index contributed by atoms with van der Waals surface area (Å²) >= 11 is 6.50. The molecule has 9 heteroatoms. The molecule has 1 atom stereocenters. The summed E-state index contributed by atoms with van der Waals surface area (Å²) in [5, 5.41) is 18.2. The normalized spacial score (nSPS) is 15.9. The fraction of sp³-hybridized carbons (Fsp3) is 0.182. The van der Waals surface area contributed by atoms with Crippen molar-refractivity contribution in [2.75, 3.05) is 4.90 Å². The summed E-state index contributed by atoms with van der Waals surface area (Å²) in [7, 11) is 0. The number of amides is 1. The standard InChI is InChI=1S/C22H19NO6S2/c1-2-16(21(27)28)29-17-6-4-3-5-14(17)12-18-20(26)23(22(30)31-18)15-9-7-13(8-10-15)11-19(24)25/h3-10,12,16H,2,11H2,1H3,(H,24,25)(H,27,28)/b18-12-. The second-order valence-corrected chi connectivity index (χ2v) is 8.32. The molecule has 2 aromatic rings. The summed E-state index contributed by atoms with van der Waals surface area (Å²) in [6.07, 6.45) is 0.823. The zero-order valence-corrected chi connectivity index (χ0v) is 18.1. The maximum Gasteiger partial charge on any atom is 0.344 e. The molecule has 0 spiro atoms. The van der Waals surface area contributed by atoms with Gasteiger partial charge in [-0.25, -0.2) is 4.79 Å². The molecule has 1 amide bonds. The van der Waals surface area contributed by atoms with Gasteiger partial charge in [-0.3, -0.25) is 14.5 Å². The molecule has 1 unspecified atom stereocenters. The molecule has 1 heterocycles. The van der Waals surface area contributed by atoms with Crippen LogP contribution in [0.5, 0.6) is 5.75 Å². The molecule has 1 aliphatic rings. The third-order valence-electron chi connectivity index (χ3n) is 4.46. The Bertz CT molecular complexity index is 1060. The van der Waals surface area contributed by atoms with Crippen molar-refractivity contribution in [1.29, 1.82) is 0 Å². The Balaban J connectivity index is 1.86. The van der Waals surface area contributed by atoms with E-state index >= 15 is 0 Å². The topological polar surface area (TPSA) is 104 Å². The average molecular weight is 458 g/mol. The summed E-state index contributed by atoms with van der Waals surface area (Å²) in [5.74, 6) is -1.95. The fourth-order valence-corrected chi connectivity index (χ4v) is 4.23. The molecule has 1 aliphatic heterocycles. The predicted octanol–water partition coefficient (Wildman–Crippen LogP) is 3.96. The Labute approximate surface area is 188 Å². The van der Waals surface area contributed by atoms with Crippen LogP contribution in [-0.2, 0) is 20.8 Å². The van der Waals surface area contributed by atoms with E-state index in [1.165, 1.54) is 4.90 Å². The van der Waals surface area contributed by atoms with Gasteiger partial charge in [0.2, 0.25) is 0 Å². The van der Waals surface area contributed by atoms with E-state index in [-0.39, 0.29) is 12.3 Å². The molecule has 2 N–H and O–H groups in total. The van der Waals surface area contributed by atoms with Gasteiger partial charge in [0, 0.05) is 5.56 Å². The quantitative estimate of drug-likeness (QED) is 0.453. The SMILES string of the molecule is CCC(Oc1ccccc1/C=C1\SC(=S)N(c2ccc(CC(=O)O)cc2)C1=O)C(=O)O. The van der Waals surface area contributed by atoms with Crippen molar-refractivity contribution in [3.63, 3.8) is 0 Å². The lowest BCUT2D eigenvalue weighted by atomic mass is 10.1. The number of nitrogens with zero attached hydrogens (tertiary/aromatic N) is 1. The van der Waals surface area contributed by atoms with E-state index in [1.54, 1.807) is 61.5 Å². The average Bonchev–Trinajstić information content (AvgIpc) is 3.00. The van der Waals surface area contributed by atoms with E-state index in [2.05, 4.69) is 0 Å². The highest BCUT2D eigenvalue weighted by atomic mass is 32.2. The van der Waals surface area contributed by atoms with Crippen LogP contribution in [-0.4, -0.2) is 38.5 Å². The number of carboxylic acids is 2. The van der Waals surface area contributed by atoms with Crippen LogP contribution in [0.2, 0.25) is 0 Å². The number of carbonyl (C=O) groups is 3. The molecular weight excluding hydrogens is 438 g/mol. The van der Waals surface area contributed by atoms with Gasteiger partial charge >= 0.3 is 11.9 Å². The number of hydrogen-bond acceptors (Lipinski definition) is 6. The van der Waals surface area contributed by atoms with Crippen LogP contribution >= 0.6 is 24.0 Å². The lowest BCUT2D eigenvalue weighted by Gasteiger charge is -2.15. The van der Waals surface area contributed by atoms with Crippen LogP contribution in [0.15, 0.2) is 53.4 Å². The van der Waals surface area contributed by atoms with E-state index in [0.717, 1.165) is 11.8 Å². The van der Waals surface area contributed by atoms with Crippen LogP contribution in [0, 0.1) is 0 Å². The Kier molecular flexibility index (Phi) is 7.09. The van der Waals surface area contributed by atoms with Crippen molar-refractivity contribution in [3.8, 4) is 5.75 Å². The minimum absolute atomic E-state index is 0.107. The van der Waals surface area contributed by atoms with Gasteiger partial charge in [0.05, 0.1) is 17.0 Å². The molecule has 7 nitrogen and oxygen atoms in total. The fourth-order valence-electron chi connectivity index (χ4n) is 2.94. The van der Waals surface area contributed by atoms with Gasteiger partial charge in [-0.2, -0.15) is 0 Å². The highest BCUT2D eigenvalue weighted by molar-refractivity contribution is 8.27. The second-order valence-electron chi connectivity index (χ2n) is 6.64. The molecule has 31 heavy (non-hydrogen) atoms. The first-order chi connectivity index (χ1) is 14.8. The summed E-state index contributed by atoms with van der Waals surface area (Å²) < 4.78 is 5.97. The van der Waals surface area contributed by atoms with Crippen LogP contribution in [0.4, 0.5) is 5.69 Å². The molecule has 2 aromatic carbocycles. The lowest BCUT2D eigenvalue weighted by molar-refractivity contribution is -0.145. The van der Waals surface area contributed by atoms with Crippen LogP contribution in [0.25, 0.3) is 6.08 Å². The Morgan fingerprint density at radius 1 is 1.16 bits per heavy atom. The maximum atomic E-state index is 13.0. The van der Waals surface area contributed by atoms with E-state index in [0.29, 0.717) is 38.2 Å². The number of anilines is 1. The van der Waals surface area contributed by atoms with Crippen molar-refractivity contribution in [3.05, 3.63) is 64.6 Å². The molecule has 1 saturated heterocycles. The Hall–Kier alpha value is -3.17. The molecule has 0 bridgehead atoms. The highest BCUT2D eigenvalue weighted by Crippen LogP contribution is 2.37. The maximum absolute atomic E-state index is 13.0. The van der Waals surface area contributed by atoms with Gasteiger partial charge in [0.1, 0.15) is 5.75 Å². The minimum atomic E-state index is -1.06. The predicted molar refractivity (Wildman–Crippen MR) is 122 cm³/mol. The van der Waals surface area contributed by atoms with Gasteiger partial charge < -0.3 is 14.9 Å². The number of rotatable bonds is 8. The summed E-state index contributed by atoms with van der Waals surface area (Å²) in [6, 6.07) is 13.5. The van der Waals surface area contributed by atoms with Gasteiger partial charge in [0.25, 0.3) is 5.91 Å². The Morgan fingerprint density at radius 2 is 1.84 bits per heavy atom. The lowest BCUT2D eigenvalue weighted by Crippen LogP contribution is -2.27. The summed E-state index contributed by atoms with van der Waals surface area (Å²) in [6.45, 7) is 1.72. The number of benzene rings is 2. The van der Waals surface area contributed by atoms with Crippen LogP contribution in [0.1, 0.15) is 24.5 Å². The van der Waals surface area contributed by atoms with Crippen molar-refractivity contribution in [1.82, 2.24) is 0 Å². The second kappa shape index (κ2) is 9.76. The molecule has 0 aromatic heterocycles. The first kappa shape index (κ1) is 22.5. The molecular formula is C22H19NO6S2. The summed E-state index contributed by atoms with van der Waals surface area (Å²) in [5.41, 5.74) is 1.73. The van der Waals surface area contributed by atoms with Gasteiger partial charge in [0.15, 0.2) is 10.4 Å². The number of carbonyl (C=O) groups excluding carboxylic acids is 1. The molecule has 3 rings (SSSR count). The van der Waals surface area contributed by atoms with E-state index in [4.69, 9.17) is 22.1 Å².